The van der Waals surface area contributed by atoms with Crippen molar-refractivity contribution >= 4 is 16.7 Å². The molecular weight excluding hydrogens is 224 g/mol. The summed E-state index contributed by atoms with van der Waals surface area (Å²) in [5, 5.41) is 2.26. The number of carbonyl (C=O) groups excluding carboxylic acids is 1. The van der Waals surface area contributed by atoms with Crippen LogP contribution in [0.5, 0.6) is 0 Å². The second-order valence-corrected chi connectivity index (χ2v) is 4.86. The van der Waals surface area contributed by atoms with Crippen LogP contribution in [0, 0.1) is 0 Å². The SMILES string of the molecule is NC1CCN(C(=O)c2ccc3ccccc3c2)C1. The maximum Gasteiger partial charge on any atom is 0.253 e. The van der Waals surface area contributed by atoms with Crippen molar-refractivity contribution in [1.82, 2.24) is 4.90 Å². The highest BCUT2D eigenvalue weighted by Crippen LogP contribution is 2.18. The number of rotatable bonds is 1. The average Bonchev–Trinajstić information content (AvgIpc) is 2.84. The molecule has 1 saturated heterocycles. The van der Waals surface area contributed by atoms with Crippen LogP contribution in [0.3, 0.4) is 0 Å². The molecule has 3 nitrogen and oxygen atoms in total. The summed E-state index contributed by atoms with van der Waals surface area (Å²) in [6.45, 7) is 1.44. The van der Waals surface area contributed by atoms with Crippen molar-refractivity contribution in [3.63, 3.8) is 0 Å². The monoisotopic (exact) mass is 240 g/mol. The molecule has 18 heavy (non-hydrogen) atoms. The number of nitrogens with zero attached hydrogens (tertiary/aromatic N) is 1. The fourth-order valence-corrected chi connectivity index (χ4v) is 2.48. The van der Waals surface area contributed by atoms with Crippen molar-refractivity contribution in [2.75, 3.05) is 13.1 Å². The molecule has 0 bridgehead atoms. The second-order valence-electron chi connectivity index (χ2n) is 4.86. The van der Waals surface area contributed by atoms with Gasteiger partial charge in [0.05, 0.1) is 0 Å². The molecule has 1 aliphatic rings. The van der Waals surface area contributed by atoms with Crippen molar-refractivity contribution in [3.05, 3.63) is 48.0 Å². The van der Waals surface area contributed by atoms with Crippen LogP contribution in [-0.4, -0.2) is 29.9 Å². The fourth-order valence-electron chi connectivity index (χ4n) is 2.48. The molecule has 3 rings (SSSR count). The number of benzene rings is 2. The number of fused-ring (bicyclic) bond motifs is 1. The summed E-state index contributed by atoms with van der Waals surface area (Å²) in [7, 11) is 0. The summed E-state index contributed by atoms with van der Waals surface area (Å²) >= 11 is 0. The lowest BCUT2D eigenvalue weighted by Gasteiger charge is -2.16. The Labute approximate surface area is 106 Å². The first kappa shape index (κ1) is 11.2. The van der Waals surface area contributed by atoms with E-state index in [4.69, 9.17) is 5.73 Å². The Hall–Kier alpha value is -1.87. The van der Waals surface area contributed by atoms with Gasteiger partial charge in [-0.25, -0.2) is 0 Å². The predicted molar refractivity (Wildman–Crippen MR) is 72.4 cm³/mol. The first-order valence-corrected chi connectivity index (χ1v) is 6.28. The van der Waals surface area contributed by atoms with Gasteiger partial charge in [0.2, 0.25) is 0 Å². The maximum absolute atomic E-state index is 12.3. The third-order valence-electron chi connectivity index (χ3n) is 3.51. The Morgan fingerprint density at radius 3 is 2.67 bits per heavy atom. The van der Waals surface area contributed by atoms with Crippen LogP contribution in [0.25, 0.3) is 10.8 Å². The summed E-state index contributed by atoms with van der Waals surface area (Å²) in [6, 6.07) is 14.1. The molecule has 0 saturated carbocycles. The fraction of sp³-hybridized carbons (Fsp3) is 0.267. The van der Waals surface area contributed by atoms with E-state index in [1.807, 2.05) is 41.3 Å². The zero-order valence-electron chi connectivity index (χ0n) is 10.2. The number of amides is 1. The lowest BCUT2D eigenvalue weighted by Crippen LogP contribution is -2.31. The molecule has 2 aromatic rings. The highest BCUT2D eigenvalue weighted by Gasteiger charge is 2.24. The van der Waals surface area contributed by atoms with Crippen molar-refractivity contribution in [3.8, 4) is 0 Å². The lowest BCUT2D eigenvalue weighted by atomic mass is 10.1. The molecule has 0 aliphatic carbocycles. The normalized spacial score (nSPS) is 19.4. The van der Waals surface area contributed by atoms with Crippen LogP contribution in [0.2, 0.25) is 0 Å². The minimum Gasteiger partial charge on any atom is -0.337 e. The smallest absolute Gasteiger partial charge is 0.253 e. The molecule has 3 heteroatoms. The summed E-state index contributed by atoms with van der Waals surface area (Å²) in [6.07, 6.45) is 0.902. The van der Waals surface area contributed by atoms with E-state index in [1.165, 1.54) is 0 Å². The predicted octanol–water partition coefficient (Wildman–Crippen LogP) is 2.01. The van der Waals surface area contributed by atoms with Crippen molar-refractivity contribution in [1.29, 1.82) is 0 Å². The third-order valence-corrected chi connectivity index (χ3v) is 3.51. The van der Waals surface area contributed by atoms with Gasteiger partial charge in [-0.15, -0.1) is 0 Å². The Morgan fingerprint density at radius 2 is 1.94 bits per heavy atom. The van der Waals surface area contributed by atoms with Crippen LogP contribution < -0.4 is 5.73 Å². The average molecular weight is 240 g/mol. The van der Waals surface area contributed by atoms with Crippen LogP contribution in [0.1, 0.15) is 16.8 Å². The van der Waals surface area contributed by atoms with Gasteiger partial charge in [-0.2, -0.15) is 0 Å². The minimum atomic E-state index is 0.0914. The van der Waals surface area contributed by atoms with Crippen LogP contribution in [0.15, 0.2) is 42.5 Å². The van der Waals surface area contributed by atoms with Crippen molar-refractivity contribution < 1.29 is 4.79 Å². The van der Waals surface area contributed by atoms with E-state index in [0.29, 0.717) is 6.54 Å². The van der Waals surface area contributed by atoms with E-state index >= 15 is 0 Å². The molecule has 2 N–H and O–H groups in total. The Bertz CT molecular complexity index is 594. The molecule has 1 unspecified atom stereocenters. The highest BCUT2D eigenvalue weighted by molar-refractivity contribution is 5.98. The maximum atomic E-state index is 12.3. The number of carbonyl (C=O) groups is 1. The quantitative estimate of drug-likeness (QED) is 0.828. The van der Waals surface area contributed by atoms with Crippen LogP contribution in [-0.2, 0) is 0 Å². The Balaban J connectivity index is 1.92. The van der Waals surface area contributed by atoms with E-state index < -0.39 is 0 Å². The highest BCUT2D eigenvalue weighted by atomic mass is 16.2. The van der Waals surface area contributed by atoms with Crippen LogP contribution in [0.4, 0.5) is 0 Å². The Morgan fingerprint density at radius 1 is 1.17 bits per heavy atom. The topological polar surface area (TPSA) is 46.3 Å². The van der Waals surface area contributed by atoms with E-state index in [1.54, 1.807) is 0 Å². The van der Waals surface area contributed by atoms with Gasteiger partial charge in [0.15, 0.2) is 0 Å². The first-order valence-electron chi connectivity index (χ1n) is 6.28. The first-order chi connectivity index (χ1) is 8.74. The zero-order chi connectivity index (χ0) is 12.5. The van der Waals surface area contributed by atoms with Crippen molar-refractivity contribution in [2.45, 2.75) is 12.5 Å². The van der Waals surface area contributed by atoms with Gasteiger partial charge in [0, 0.05) is 24.7 Å². The molecule has 1 heterocycles. The number of nitrogens with two attached hydrogens (primary N) is 1. The van der Waals surface area contributed by atoms with Gasteiger partial charge in [0.25, 0.3) is 5.91 Å². The zero-order valence-corrected chi connectivity index (χ0v) is 10.2. The minimum absolute atomic E-state index is 0.0914. The number of likely N-dealkylation sites (tertiary alicyclic amines) is 1. The molecule has 1 atom stereocenters. The molecule has 0 aromatic heterocycles. The summed E-state index contributed by atoms with van der Waals surface area (Å²) in [4.78, 5) is 14.1. The summed E-state index contributed by atoms with van der Waals surface area (Å²) in [5.74, 6) is 0.0914. The summed E-state index contributed by atoms with van der Waals surface area (Å²) in [5.41, 5.74) is 6.59. The van der Waals surface area contributed by atoms with Gasteiger partial charge in [-0.05, 0) is 29.3 Å². The standard InChI is InChI=1S/C15H16N2O/c16-14-7-8-17(10-14)15(18)13-6-5-11-3-1-2-4-12(11)9-13/h1-6,9,14H,7-8,10,16H2. The van der Waals surface area contributed by atoms with Crippen molar-refractivity contribution in [2.24, 2.45) is 5.73 Å². The molecule has 0 spiro atoms. The molecule has 2 aromatic carbocycles. The molecule has 0 radical (unpaired) electrons. The van der Waals surface area contributed by atoms with Gasteiger partial charge in [-0.3, -0.25) is 4.79 Å². The van der Waals surface area contributed by atoms with E-state index in [2.05, 4.69) is 6.07 Å². The largest absolute Gasteiger partial charge is 0.337 e. The number of hydrogen-bond acceptors (Lipinski definition) is 2. The van der Waals surface area contributed by atoms with E-state index in [-0.39, 0.29) is 11.9 Å². The van der Waals surface area contributed by atoms with Gasteiger partial charge >= 0.3 is 0 Å². The van der Waals surface area contributed by atoms with E-state index in [0.717, 1.165) is 29.3 Å². The van der Waals surface area contributed by atoms with Gasteiger partial charge < -0.3 is 10.6 Å². The molecule has 1 fully saturated rings. The Kier molecular flexibility index (Phi) is 2.76. The van der Waals surface area contributed by atoms with E-state index in [9.17, 15) is 4.79 Å². The third kappa shape index (κ3) is 1.97. The molecule has 1 amide bonds. The molecule has 1 aliphatic heterocycles. The molecular formula is C15H16N2O. The second kappa shape index (κ2) is 4.42. The van der Waals surface area contributed by atoms with Gasteiger partial charge in [-0.1, -0.05) is 30.3 Å². The van der Waals surface area contributed by atoms with Gasteiger partial charge in [0.1, 0.15) is 0 Å². The summed E-state index contributed by atoms with van der Waals surface area (Å²) < 4.78 is 0. The molecule has 92 valence electrons. The van der Waals surface area contributed by atoms with Crippen LogP contribution >= 0.6 is 0 Å². The number of hydrogen-bond donors (Lipinski definition) is 1. The lowest BCUT2D eigenvalue weighted by molar-refractivity contribution is 0.0791.